The summed E-state index contributed by atoms with van der Waals surface area (Å²) in [6.45, 7) is 9.30. The lowest BCUT2D eigenvalue weighted by Crippen LogP contribution is -2.38. The molecular formula is C16H28N2O3. The van der Waals surface area contributed by atoms with E-state index in [2.05, 4.69) is 16.8 Å². The fourth-order valence-corrected chi connectivity index (χ4v) is 2.60. The number of piperidine rings is 1. The second-order valence-corrected chi connectivity index (χ2v) is 5.60. The van der Waals surface area contributed by atoms with E-state index in [4.69, 9.17) is 4.74 Å². The fourth-order valence-electron chi connectivity index (χ4n) is 2.60. The first-order valence-corrected chi connectivity index (χ1v) is 7.84. The van der Waals surface area contributed by atoms with Crippen molar-refractivity contribution in [2.75, 3.05) is 33.3 Å². The van der Waals surface area contributed by atoms with Crippen LogP contribution in [0.4, 0.5) is 0 Å². The average molecular weight is 296 g/mol. The second kappa shape index (κ2) is 9.55. The van der Waals surface area contributed by atoms with Gasteiger partial charge in [0.25, 0.3) is 0 Å². The number of ether oxygens (including phenoxy) is 1. The van der Waals surface area contributed by atoms with Crippen LogP contribution in [0.15, 0.2) is 12.2 Å². The first-order chi connectivity index (χ1) is 10.1. The first kappa shape index (κ1) is 17.7. The lowest BCUT2D eigenvalue weighted by atomic mass is 9.97. The van der Waals surface area contributed by atoms with Gasteiger partial charge in [0, 0.05) is 12.1 Å². The topological polar surface area (TPSA) is 58.6 Å². The molecule has 0 bridgehead atoms. The summed E-state index contributed by atoms with van der Waals surface area (Å²) < 4.78 is 4.78. The Hall–Kier alpha value is -1.36. The third-order valence-electron chi connectivity index (χ3n) is 3.93. The molecule has 5 nitrogen and oxygen atoms in total. The molecular weight excluding hydrogens is 268 g/mol. The van der Waals surface area contributed by atoms with Gasteiger partial charge in [-0.1, -0.05) is 19.9 Å². The Morgan fingerprint density at radius 2 is 2.00 bits per heavy atom. The molecule has 1 saturated heterocycles. The first-order valence-electron chi connectivity index (χ1n) is 7.84. The number of carbonyl (C=O) groups excluding carboxylic acids is 2. The monoisotopic (exact) mass is 296 g/mol. The van der Waals surface area contributed by atoms with E-state index in [1.807, 2.05) is 6.92 Å². The molecule has 1 N–H and O–H groups in total. The van der Waals surface area contributed by atoms with Crippen LogP contribution < -0.4 is 5.32 Å². The molecule has 0 atom stereocenters. The number of rotatable bonds is 8. The number of carbonyl (C=O) groups is 2. The molecule has 0 aromatic heterocycles. The number of hydrogen-bond acceptors (Lipinski definition) is 4. The Morgan fingerprint density at radius 3 is 2.57 bits per heavy atom. The molecule has 0 radical (unpaired) electrons. The van der Waals surface area contributed by atoms with Crippen LogP contribution in [0.2, 0.25) is 0 Å². The van der Waals surface area contributed by atoms with E-state index in [-0.39, 0.29) is 17.8 Å². The van der Waals surface area contributed by atoms with E-state index in [1.54, 1.807) is 0 Å². The lowest BCUT2D eigenvalue weighted by Gasteiger charge is -2.30. The standard InChI is InChI=1S/C16H28N2O3/c1-4-6-13(2)15(19)17-9-5-10-18-11-7-14(8-12-18)16(20)21-3/h14H,2,4-12H2,1,3H3,(H,17,19). The highest BCUT2D eigenvalue weighted by atomic mass is 16.5. The van der Waals surface area contributed by atoms with Gasteiger partial charge < -0.3 is 15.0 Å². The second-order valence-electron chi connectivity index (χ2n) is 5.60. The maximum atomic E-state index is 11.7. The van der Waals surface area contributed by atoms with E-state index in [9.17, 15) is 9.59 Å². The normalized spacial score (nSPS) is 16.5. The highest BCUT2D eigenvalue weighted by Gasteiger charge is 2.25. The van der Waals surface area contributed by atoms with Gasteiger partial charge >= 0.3 is 5.97 Å². The number of nitrogens with one attached hydrogen (secondary N) is 1. The summed E-state index contributed by atoms with van der Waals surface area (Å²) in [6.07, 6.45) is 4.36. The van der Waals surface area contributed by atoms with Gasteiger partial charge in [0.05, 0.1) is 13.0 Å². The fraction of sp³-hybridized carbons (Fsp3) is 0.750. The van der Waals surface area contributed by atoms with E-state index >= 15 is 0 Å². The van der Waals surface area contributed by atoms with Crippen LogP contribution in [-0.2, 0) is 14.3 Å². The van der Waals surface area contributed by atoms with Crippen LogP contribution in [0.5, 0.6) is 0 Å². The maximum Gasteiger partial charge on any atom is 0.308 e. The van der Waals surface area contributed by atoms with Crippen LogP contribution in [0.1, 0.15) is 39.0 Å². The Balaban J connectivity index is 2.11. The van der Waals surface area contributed by atoms with Gasteiger partial charge in [-0.3, -0.25) is 9.59 Å². The van der Waals surface area contributed by atoms with Crippen molar-refractivity contribution in [1.29, 1.82) is 0 Å². The molecule has 0 saturated carbocycles. The molecule has 1 aliphatic rings. The van der Waals surface area contributed by atoms with Crippen molar-refractivity contribution in [3.63, 3.8) is 0 Å². The van der Waals surface area contributed by atoms with Crippen molar-refractivity contribution in [2.24, 2.45) is 5.92 Å². The molecule has 21 heavy (non-hydrogen) atoms. The van der Waals surface area contributed by atoms with Crippen LogP contribution in [0.3, 0.4) is 0 Å². The Morgan fingerprint density at radius 1 is 1.33 bits per heavy atom. The van der Waals surface area contributed by atoms with Gasteiger partial charge in [-0.2, -0.15) is 0 Å². The van der Waals surface area contributed by atoms with Crippen molar-refractivity contribution >= 4 is 11.9 Å². The van der Waals surface area contributed by atoms with E-state index in [1.165, 1.54) is 7.11 Å². The van der Waals surface area contributed by atoms with Crippen molar-refractivity contribution in [3.8, 4) is 0 Å². The summed E-state index contributed by atoms with van der Waals surface area (Å²) in [7, 11) is 1.45. The Bertz CT molecular complexity index is 361. The van der Waals surface area contributed by atoms with Crippen LogP contribution in [0.25, 0.3) is 0 Å². The summed E-state index contributed by atoms with van der Waals surface area (Å²) >= 11 is 0. The molecule has 0 aliphatic carbocycles. The van der Waals surface area contributed by atoms with Gasteiger partial charge in [0.15, 0.2) is 0 Å². The Kier molecular flexibility index (Phi) is 8.05. The maximum absolute atomic E-state index is 11.7. The zero-order chi connectivity index (χ0) is 15.7. The largest absolute Gasteiger partial charge is 0.469 e. The molecule has 0 unspecified atom stereocenters. The summed E-state index contributed by atoms with van der Waals surface area (Å²) in [5.41, 5.74) is 0.663. The molecule has 0 spiro atoms. The third kappa shape index (κ3) is 6.29. The summed E-state index contributed by atoms with van der Waals surface area (Å²) in [4.78, 5) is 25.4. The van der Waals surface area contributed by atoms with E-state index in [0.717, 1.165) is 51.7 Å². The molecule has 1 amide bonds. The number of hydrogen-bond donors (Lipinski definition) is 1. The summed E-state index contributed by atoms with van der Waals surface area (Å²) in [6, 6.07) is 0. The minimum Gasteiger partial charge on any atom is -0.469 e. The number of nitrogens with zero attached hydrogens (tertiary/aromatic N) is 1. The third-order valence-corrected chi connectivity index (χ3v) is 3.93. The minimum atomic E-state index is -0.0867. The molecule has 1 aliphatic heterocycles. The zero-order valence-electron chi connectivity index (χ0n) is 13.3. The van der Waals surface area contributed by atoms with Crippen molar-refractivity contribution in [3.05, 3.63) is 12.2 Å². The molecule has 1 heterocycles. The molecule has 5 heteroatoms. The molecule has 0 aromatic rings. The van der Waals surface area contributed by atoms with Crippen molar-refractivity contribution in [1.82, 2.24) is 10.2 Å². The van der Waals surface area contributed by atoms with Crippen LogP contribution in [-0.4, -0.2) is 50.1 Å². The van der Waals surface area contributed by atoms with Gasteiger partial charge in [-0.05, 0) is 45.3 Å². The quantitative estimate of drug-likeness (QED) is 0.421. The smallest absolute Gasteiger partial charge is 0.308 e. The number of amides is 1. The highest BCUT2D eigenvalue weighted by Crippen LogP contribution is 2.18. The lowest BCUT2D eigenvalue weighted by molar-refractivity contribution is -0.147. The van der Waals surface area contributed by atoms with E-state index < -0.39 is 0 Å². The van der Waals surface area contributed by atoms with Crippen molar-refractivity contribution in [2.45, 2.75) is 39.0 Å². The molecule has 1 rings (SSSR count). The van der Waals surface area contributed by atoms with Gasteiger partial charge in [-0.15, -0.1) is 0 Å². The molecule has 120 valence electrons. The average Bonchev–Trinajstić information content (AvgIpc) is 2.51. The van der Waals surface area contributed by atoms with Crippen molar-refractivity contribution < 1.29 is 14.3 Å². The summed E-state index contributed by atoms with van der Waals surface area (Å²) in [5, 5.41) is 2.90. The predicted octanol–water partition coefficient (Wildman–Crippen LogP) is 1.73. The number of methoxy groups -OCH3 is 1. The molecule has 1 fully saturated rings. The highest BCUT2D eigenvalue weighted by molar-refractivity contribution is 5.92. The molecule has 0 aromatic carbocycles. The predicted molar refractivity (Wildman–Crippen MR) is 82.9 cm³/mol. The van der Waals surface area contributed by atoms with Gasteiger partial charge in [-0.25, -0.2) is 0 Å². The minimum absolute atomic E-state index is 0.0266. The van der Waals surface area contributed by atoms with E-state index in [0.29, 0.717) is 12.1 Å². The zero-order valence-corrected chi connectivity index (χ0v) is 13.3. The van der Waals surface area contributed by atoms with Gasteiger partial charge in [0.1, 0.15) is 0 Å². The summed E-state index contributed by atoms with van der Waals surface area (Å²) in [5.74, 6) is -0.0547. The SMILES string of the molecule is C=C(CCC)C(=O)NCCCN1CCC(C(=O)OC)CC1. The number of likely N-dealkylation sites (tertiary alicyclic amines) is 1. The Labute approximate surface area is 127 Å². The van der Waals surface area contributed by atoms with Crippen LogP contribution >= 0.6 is 0 Å². The van der Waals surface area contributed by atoms with Gasteiger partial charge in [0.2, 0.25) is 5.91 Å². The number of esters is 1. The van der Waals surface area contributed by atoms with Crippen LogP contribution in [0, 0.1) is 5.92 Å².